The minimum atomic E-state index is -3.45. The lowest BCUT2D eigenvalue weighted by Crippen LogP contribution is -2.32. The Morgan fingerprint density at radius 1 is 1.35 bits per heavy atom. The zero-order valence-electron chi connectivity index (χ0n) is 9.64. The molecule has 0 unspecified atom stereocenters. The molecule has 0 radical (unpaired) electrons. The molecular weight excluding hydrogens is 250 g/mol. The number of aliphatic carboxylic acids is 1. The van der Waals surface area contributed by atoms with E-state index in [1.807, 2.05) is 0 Å². The number of carbonyl (C=O) groups is 2. The standard InChI is InChI=1S/C9H17NO6S/c1-16-5-6-17(14,15)7-8(11)10-4-2-3-9(12)13/h2-7H2,1H3,(H,10,11)(H,12,13). The second-order valence-corrected chi connectivity index (χ2v) is 5.62. The summed E-state index contributed by atoms with van der Waals surface area (Å²) in [6.07, 6.45) is 0.218. The van der Waals surface area contributed by atoms with E-state index in [1.54, 1.807) is 0 Å². The topological polar surface area (TPSA) is 110 Å². The second-order valence-electron chi connectivity index (χ2n) is 3.43. The highest BCUT2D eigenvalue weighted by Gasteiger charge is 2.15. The van der Waals surface area contributed by atoms with Crippen LogP contribution < -0.4 is 5.32 Å². The van der Waals surface area contributed by atoms with Gasteiger partial charge in [0.05, 0.1) is 12.4 Å². The number of hydrogen-bond donors (Lipinski definition) is 2. The van der Waals surface area contributed by atoms with E-state index in [9.17, 15) is 18.0 Å². The second kappa shape index (κ2) is 8.02. The number of hydrogen-bond acceptors (Lipinski definition) is 5. The summed E-state index contributed by atoms with van der Waals surface area (Å²) in [5.74, 6) is -2.37. The molecule has 1 amide bonds. The molecule has 0 aliphatic rings. The van der Waals surface area contributed by atoms with Gasteiger partial charge in [0.25, 0.3) is 0 Å². The maximum absolute atomic E-state index is 11.3. The van der Waals surface area contributed by atoms with Crippen molar-refractivity contribution in [1.82, 2.24) is 5.32 Å². The Hall–Kier alpha value is -1.15. The maximum Gasteiger partial charge on any atom is 0.303 e. The van der Waals surface area contributed by atoms with Crippen molar-refractivity contribution in [2.45, 2.75) is 12.8 Å². The fourth-order valence-electron chi connectivity index (χ4n) is 1.00. The molecule has 8 heteroatoms. The Balaban J connectivity index is 3.81. The fourth-order valence-corrected chi connectivity index (χ4v) is 2.07. The van der Waals surface area contributed by atoms with Crippen molar-refractivity contribution in [3.63, 3.8) is 0 Å². The minimum Gasteiger partial charge on any atom is -0.481 e. The van der Waals surface area contributed by atoms with Crippen LogP contribution in [0.2, 0.25) is 0 Å². The largest absolute Gasteiger partial charge is 0.481 e. The first-order valence-electron chi connectivity index (χ1n) is 5.05. The number of ether oxygens (including phenoxy) is 1. The van der Waals surface area contributed by atoms with Gasteiger partial charge in [0, 0.05) is 20.1 Å². The lowest BCUT2D eigenvalue weighted by Gasteiger charge is -2.05. The molecule has 0 atom stereocenters. The van der Waals surface area contributed by atoms with Crippen molar-refractivity contribution in [2.24, 2.45) is 0 Å². The number of amides is 1. The van der Waals surface area contributed by atoms with E-state index in [0.717, 1.165) is 0 Å². The van der Waals surface area contributed by atoms with Gasteiger partial charge < -0.3 is 15.2 Å². The van der Waals surface area contributed by atoms with Gasteiger partial charge in [0.2, 0.25) is 5.91 Å². The summed E-state index contributed by atoms with van der Waals surface area (Å²) in [4.78, 5) is 21.4. The minimum absolute atomic E-state index is 0.0502. The molecule has 0 rings (SSSR count). The average molecular weight is 267 g/mol. The molecule has 0 saturated carbocycles. The summed E-state index contributed by atoms with van der Waals surface area (Å²) in [7, 11) is -2.07. The van der Waals surface area contributed by atoms with Gasteiger partial charge in [-0.25, -0.2) is 8.42 Å². The molecule has 0 aliphatic carbocycles. The molecule has 17 heavy (non-hydrogen) atoms. The van der Waals surface area contributed by atoms with Crippen molar-refractivity contribution in [3.05, 3.63) is 0 Å². The number of nitrogens with one attached hydrogen (secondary N) is 1. The number of sulfone groups is 1. The summed E-state index contributed by atoms with van der Waals surface area (Å²) in [5.41, 5.74) is 0. The first-order valence-corrected chi connectivity index (χ1v) is 6.87. The molecule has 0 aromatic carbocycles. The van der Waals surface area contributed by atoms with E-state index in [0.29, 0.717) is 0 Å². The van der Waals surface area contributed by atoms with E-state index in [4.69, 9.17) is 5.11 Å². The van der Waals surface area contributed by atoms with Crippen LogP contribution in [0.1, 0.15) is 12.8 Å². The molecule has 2 N–H and O–H groups in total. The third-order valence-electron chi connectivity index (χ3n) is 1.84. The Kier molecular flexibility index (Phi) is 7.47. The van der Waals surface area contributed by atoms with Gasteiger partial charge in [0.1, 0.15) is 5.75 Å². The number of rotatable bonds is 9. The molecule has 0 aliphatic heterocycles. The summed E-state index contributed by atoms with van der Waals surface area (Å²) >= 11 is 0. The third kappa shape index (κ3) is 9.76. The van der Waals surface area contributed by atoms with Crippen molar-refractivity contribution in [1.29, 1.82) is 0 Å². The van der Waals surface area contributed by atoms with Gasteiger partial charge in [-0.3, -0.25) is 9.59 Å². The van der Waals surface area contributed by atoms with E-state index >= 15 is 0 Å². The summed E-state index contributed by atoms with van der Waals surface area (Å²) in [6.45, 7) is 0.208. The SMILES string of the molecule is COCCS(=O)(=O)CC(=O)NCCCC(=O)O. The number of methoxy groups -OCH3 is 1. The van der Waals surface area contributed by atoms with Crippen LogP contribution in [0.4, 0.5) is 0 Å². The Labute approximate surface area is 100 Å². The quantitative estimate of drug-likeness (QED) is 0.520. The normalized spacial score (nSPS) is 11.1. The van der Waals surface area contributed by atoms with Crippen LogP contribution in [0.3, 0.4) is 0 Å². The summed E-state index contributed by atoms with van der Waals surface area (Å²) in [6, 6.07) is 0. The van der Waals surface area contributed by atoms with Crippen LogP contribution in [0.15, 0.2) is 0 Å². The van der Waals surface area contributed by atoms with Crippen LogP contribution in [0, 0.1) is 0 Å². The molecular formula is C9H17NO6S. The van der Waals surface area contributed by atoms with Gasteiger partial charge in [0.15, 0.2) is 9.84 Å². The van der Waals surface area contributed by atoms with Crippen LogP contribution in [-0.4, -0.2) is 57.2 Å². The van der Waals surface area contributed by atoms with E-state index in [1.165, 1.54) is 7.11 Å². The smallest absolute Gasteiger partial charge is 0.303 e. The summed E-state index contributed by atoms with van der Waals surface area (Å²) < 4.78 is 27.2. The average Bonchev–Trinajstić information content (AvgIpc) is 2.21. The molecule has 0 aromatic heterocycles. The first kappa shape index (κ1) is 15.9. The predicted octanol–water partition coefficient (Wildman–Crippen LogP) is -0.971. The predicted molar refractivity (Wildman–Crippen MR) is 60.4 cm³/mol. The summed E-state index contributed by atoms with van der Waals surface area (Å²) in [5, 5.41) is 10.7. The third-order valence-corrected chi connectivity index (χ3v) is 3.33. The Morgan fingerprint density at radius 2 is 2.00 bits per heavy atom. The van der Waals surface area contributed by atoms with Crippen LogP contribution in [0.25, 0.3) is 0 Å². The van der Waals surface area contributed by atoms with Crippen molar-refractivity contribution in [2.75, 3.05) is 31.8 Å². The number of carboxylic acids is 1. The van der Waals surface area contributed by atoms with Crippen molar-refractivity contribution in [3.8, 4) is 0 Å². The van der Waals surface area contributed by atoms with Gasteiger partial charge in [-0.05, 0) is 6.42 Å². The molecule has 0 heterocycles. The lowest BCUT2D eigenvalue weighted by atomic mass is 10.3. The van der Waals surface area contributed by atoms with Gasteiger partial charge >= 0.3 is 5.97 Å². The molecule has 100 valence electrons. The van der Waals surface area contributed by atoms with Gasteiger partial charge in [-0.15, -0.1) is 0 Å². The van der Waals surface area contributed by atoms with E-state index in [-0.39, 0.29) is 31.7 Å². The number of carboxylic acid groups (broad SMARTS) is 1. The molecule has 0 fully saturated rings. The van der Waals surface area contributed by atoms with Crippen LogP contribution in [0.5, 0.6) is 0 Å². The number of carbonyl (C=O) groups excluding carboxylic acids is 1. The highest BCUT2D eigenvalue weighted by Crippen LogP contribution is 1.91. The zero-order valence-corrected chi connectivity index (χ0v) is 10.5. The molecule has 7 nitrogen and oxygen atoms in total. The van der Waals surface area contributed by atoms with Crippen LogP contribution in [-0.2, 0) is 24.2 Å². The lowest BCUT2D eigenvalue weighted by molar-refractivity contribution is -0.137. The zero-order chi connectivity index (χ0) is 13.3. The molecule has 0 saturated heterocycles. The molecule has 0 bridgehead atoms. The van der Waals surface area contributed by atoms with Gasteiger partial charge in [-0.2, -0.15) is 0 Å². The van der Waals surface area contributed by atoms with Crippen molar-refractivity contribution >= 4 is 21.7 Å². The van der Waals surface area contributed by atoms with E-state index < -0.39 is 27.5 Å². The highest BCUT2D eigenvalue weighted by atomic mass is 32.2. The molecule has 0 aromatic rings. The molecule has 0 spiro atoms. The highest BCUT2D eigenvalue weighted by molar-refractivity contribution is 7.92. The Bertz CT molecular complexity index is 350. The monoisotopic (exact) mass is 267 g/mol. The first-order chi connectivity index (χ1) is 7.87. The van der Waals surface area contributed by atoms with Crippen LogP contribution >= 0.6 is 0 Å². The fraction of sp³-hybridized carbons (Fsp3) is 0.778. The van der Waals surface area contributed by atoms with Gasteiger partial charge in [-0.1, -0.05) is 0 Å². The van der Waals surface area contributed by atoms with Crippen molar-refractivity contribution < 1.29 is 27.9 Å². The Morgan fingerprint density at radius 3 is 2.53 bits per heavy atom. The van der Waals surface area contributed by atoms with E-state index in [2.05, 4.69) is 10.1 Å². The maximum atomic E-state index is 11.3.